The Balaban J connectivity index is 1.24. The molecule has 188 valence electrons. The van der Waals surface area contributed by atoms with Crippen molar-refractivity contribution in [3.8, 4) is 28.5 Å². The molecule has 0 unspecified atom stereocenters. The largest absolute Gasteiger partial charge is 0.495 e. The lowest BCUT2D eigenvalue weighted by molar-refractivity contribution is 0.122. The van der Waals surface area contributed by atoms with Crippen LogP contribution in [-0.4, -0.2) is 43.4 Å². The summed E-state index contributed by atoms with van der Waals surface area (Å²) in [6.45, 7) is 3.45. The summed E-state index contributed by atoms with van der Waals surface area (Å²) in [5, 5.41) is 3.43. The Morgan fingerprint density at radius 3 is 2.78 bits per heavy atom. The van der Waals surface area contributed by atoms with Gasteiger partial charge in [0.2, 0.25) is 5.56 Å². The van der Waals surface area contributed by atoms with E-state index in [9.17, 15) is 4.79 Å². The van der Waals surface area contributed by atoms with E-state index in [0.717, 1.165) is 68.5 Å². The first-order valence-electron chi connectivity index (χ1n) is 12.1. The summed E-state index contributed by atoms with van der Waals surface area (Å²) < 4.78 is 17.0. The Hall–Kier alpha value is -3.95. The minimum Gasteiger partial charge on any atom is -0.495 e. The number of rotatable bonds is 6. The van der Waals surface area contributed by atoms with Crippen LogP contribution in [0.1, 0.15) is 5.69 Å². The number of morpholine rings is 1. The van der Waals surface area contributed by atoms with Gasteiger partial charge in [-0.1, -0.05) is 17.8 Å². The summed E-state index contributed by atoms with van der Waals surface area (Å²) in [6.07, 6.45) is 1.71. The highest BCUT2D eigenvalue weighted by molar-refractivity contribution is 7.99. The third kappa shape index (κ3) is 5.00. The number of nitrogens with one attached hydrogen (secondary N) is 2. The second kappa shape index (κ2) is 10.2. The van der Waals surface area contributed by atoms with E-state index in [4.69, 9.17) is 14.2 Å². The predicted octanol–water partition coefficient (Wildman–Crippen LogP) is 5.15. The van der Waals surface area contributed by atoms with Crippen LogP contribution in [0.3, 0.4) is 0 Å². The van der Waals surface area contributed by atoms with Crippen molar-refractivity contribution in [1.29, 1.82) is 0 Å². The predicted molar refractivity (Wildman–Crippen MR) is 144 cm³/mol. The van der Waals surface area contributed by atoms with E-state index in [1.807, 2.05) is 48.5 Å². The number of fused-ring (bicyclic) bond motifs is 2. The maximum atomic E-state index is 12.5. The second-order valence-electron chi connectivity index (χ2n) is 8.76. The number of aromatic nitrogens is 2. The van der Waals surface area contributed by atoms with Crippen molar-refractivity contribution in [2.75, 3.05) is 43.6 Å². The van der Waals surface area contributed by atoms with E-state index >= 15 is 0 Å². The van der Waals surface area contributed by atoms with Gasteiger partial charge in [-0.15, -0.1) is 0 Å². The normalized spacial score (nSPS) is 14.4. The summed E-state index contributed by atoms with van der Waals surface area (Å²) in [6, 6.07) is 19.6. The Morgan fingerprint density at radius 1 is 1.08 bits per heavy atom. The number of ether oxygens (including phenoxy) is 3. The number of nitrogens with zero attached hydrogens (tertiary/aromatic N) is 2. The van der Waals surface area contributed by atoms with Gasteiger partial charge < -0.3 is 29.4 Å². The zero-order valence-electron chi connectivity index (χ0n) is 20.3. The van der Waals surface area contributed by atoms with E-state index in [1.165, 1.54) is 0 Å². The lowest BCUT2D eigenvalue weighted by Gasteiger charge is -2.29. The minimum absolute atomic E-state index is 0.137. The quantitative estimate of drug-likeness (QED) is 0.322. The molecule has 1 saturated heterocycles. The summed E-state index contributed by atoms with van der Waals surface area (Å²) in [5.74, 6) is 2.27. The van der Waals surface area contributed by atoms with Crippen LogP contribution in [0.25, 0.3) is 11.3 Å². The van der Waals surface area contributed by atoms with Gasteiger partial charge in [0.25, 0.3) is 0 Å². The second-order valence-corrected chi connectivity index (χ2v) is 9.84. The average Bonchev–Trinajstić information content (AvgIpc) is 2.95. The number of para-hydroxylation sites is 1. The molecule has 0 radical (unpaired) electrons. The molecule has 37 heavy (non-hydrogen) atoms. The van der Waals surface area contributed by atoms with Gasteiger partial charge in [0.05, 0.1) is 54.2 Å². The number of methoxy groups -OCH3 is 1. The van der Waals surface area contributed by atoms with Gasteiger partial charge in [0.1, 0.15) is 11.5 Å². The molecule has 2 N–H and O–H groups in total. The molecule has 0 bridgehead atoms. The van der Waals surface area contributed by atoms with Gasteiger partial charge in [-0.2, -0.15) is 0 Å². The topological polar surface area (TPSA) is 88.7 Å². The summed E-state index contributed by atoms with van der Waals surface area (Å²) in [5.41, 5.74) is 4.25. The fourth-order valence-corrected chi connectivity index (χ4v) is 5.45. The van der Waals surface area contributed by atoms with Gasteiger partial charge >= 0.3 is 0 Å². The van der Waals surface area contributed by atoms with Crippen LogP contribution < -0.4 is 25.2 Å². The van der Waals surface area contributed by atoms with Crippen LogP contribution in [0.5, 0.6) is 17.2 Å². The first kappa shape index (κ1) is 23.4. The molecule has 0 spiro atoms. The number of hydrogen-bond donors (Lipinski definition) is 2. The fraction of sp³-hybridized carbons (Fsp3) is 0.214. The van der Waals surface area contributed by atoms with Crippen molar-refractivity contribution in [2.24, 2.45) is 0 Å². The van der Waals surface area contributed by atoms with E-state index in [2.05, 4.69) is 26.3 Å². The molecule has 4 heterocycles. The van der Waals surface area contributed by atoms with E-state index in [1.54, 1.807) is 31.1 Å². The molecular weight excluding hydrogens is 488 g/mol. The van der Waals surface area contributed by atoms with Crippen LogP contribution in [0.4, 0.5) is 11.4 Å². The zero-order chi connectivity index (χ0) is 25.2. The molecule has 2 aromatic heterocycles. The number of H-pyrrole nitrogens is 1. The highest BCUT2D eigenvalue weighted by Crippen LogP contribution is 2.51. The lowest BCUT2D eigenvalue weighted by Crippen LogP contribution is -2.36. The number of aromatic amines is 1. The van der Waals surface area contributed by atoms with Crippen molar-refractivity contribution in [3.05, 3.63) is 82.9 Å². The highest BCUT2D eigenvalue weighted by atomic mass is 32.2. The van der Waals surface area contributed by atoms with Crippen molar-refractivity contribution in [2.45, 2.75) is 16.3 Å². The molecule has 4 aromatic rings. The standard InChI is InChI=1S/C28H26N4O4S/c1-34-21-7-5-19(30-17-21)16-29-18-6-8-24-26(13-18)37-25-4-2-3-22(28(25)36-24)23-14-20(15-27(33)31-23)32-9-11-35-12-10-32/h2-8,13-15,17,29H,9-12,16H2,1H3,(H,31,33). The van der Waals surface area contributed by atoms with Crippen molar-refractivity contribution < 1.29 is 14.2 Å². The van der Waals surface area contributed by atoms with E-state index in [-0.39, 0.29) is 5.56 Å². The van der Waals surface area contributed by atoms with Crippen LogP contribution >= 0.6 is 11.8 Å². The smallest absolute Gasteiger partial charge is 0.250 e. The Labute approximate surface area is 218 Å². The summed E-state index contributed by atoms with van der Waals surface area (Å²) in [7, 11) is 1.63. The van der Waals surface area contributed by atoms with Crippen LogP contribution in [0.2, 0.25) is 0 Å². The first-order chi connectivity index (χ1) is 18.2. The van der Waals surface area contributed by atoms with E-state index < -0.39 is 0 Å². The number of pyridine rings is 2. The molecular formula is C28H26N4O4S. The lowest BCUT2D eigenvalue weighted by atomic mass is 10.1. The van der Waals surface area contributed by atoms with E-state index in [0.29, 0.717) is 19.8 Å². The molecule has 0 atom stereocenters. The monoisotopic (exact) mass is 514 g/mol. The van der Waals surface area contributed by atoms with Crippen LogP contribution in [-0.2, 0) is 11.3 Å². The molecule has 1 fully saturated rings. The molecule has 6 rings (SSSR count). The Bertz CT molecular complexity index is 1480. The third-order valence-corrected chi connectivity index (χ3v) is 7.44. The Kier molecular flexibility index (Phi) is 6.46. The fourth-order valence-electron chi connectivity index (χ4n) is 4.43. The van der Waals surface area contributed by atoms with Crippen LogP contribution in [0.15, 0.2) is 81.4 Å². The molecule has 9 heteroatoms. The maximum Gasteiger partial charge on any atom is 0.250 e. The highest BCUT2D eigenvalue weighted by Gasteiger charge is 2.23. The number of anilines is 2. The summed E-state index contributed by atoms with van der Waals surface area (Å²) in [4.78, 5) is 24.2. The maximum absolute atomic E-state index is 12.5. The molecule has 0 aliphatic carbocycles. The molecule has 0 amide bonds. The van der Waals surface area contributed by atoms with Crippen molar-refractivity contribution >= 4 is 23.1 Å². The molecule has 8 nitrogen and oxygen atoms in total. The molecule has 2 aliphatic heterocycles. The molecule has 0 saturated carbocycles. The van der Waals surface area contributed by atoms with Gasteiger partial charge in [-0.25, -0.2) is 0 Å². The minimum atomic E-state index is -0.137. The van der Waals surface area contributed by atoms with Crippen molar-refractivity contribution in [1.82, 2.24) is 9.97 Å². The Morgan fingerprint density at radius 2 is 1.97 bits per heavy atom. The number of benzene rings is 2. The van der Waals surface area contributed by atoms with Gasteiger partial charge in [0, 0.05) is 36.1 Å². The average molecular weight is 515 g/mol. The van der Waals surface area contributed by atoms with Gasteiger partial charge in [0.15, 0.2) is 5.75 Å². The third-order valence-electron chi connectivity index (χ3n) is 6.36. The molecule has 2 aromatic carbocycles. The van der Waals surface area contributed by atoms with Crippen LogP contribution in [0, 0.1) is 0 Å². The number of hydrogen-bond acceptors (Lipinski definition) is 8. The van der Waals surface area contributed by atoms with Crippen molar-refractivity contribution in [3.63, 3.8) is 0 Å². The summed E-state index contributed by atoms with van der Waals surface area (Å²) >= 11 is 1.65. The van der Waals surface area contributed by atoms with Gasteiger partial charge in [-0.05, 0) is 48.5 Å². The van der Waals surface area contributed by atoms with Gasteiger partial charge in [-0.3, -0.25) is 9.78 Å². The molecule has 2 aliphatic rings. The zero-order valence-corrected chi connectivity index (χ0v) is 21.1. The first-order valence-corrected chi connectivity index (χ1v) is 12.9. The SMILES string of the molecule is COc1ccc(CNc2ccc3c(c2)Sc2cccc(-c4cc(N5CCOCC5)cc(=O)[nH]4)c2O3)nc1.